The maximum absolute atomic E-state index is 12.9. The molecule has 2 fully saturated rings. The predicted molar refractivity (Wildman–Crippen MR) is 103 cm³/mol. The van der Waals surface area contributed by atoms with Crippen molar-refractivity contribution in [2.45, 2.75) is 19.5 Å². The van der Waals surface area contributed by atoms with E-state index in [1.807, 2.05) is 41.0 Å². The van der Waals surface area contributed by atoms with Crippen LogP contribution in [0.4, 0.5) is 0 Å². The summed E-state index contributed by atoms with van der Waals surface area (Å²) in [6.07, 6.45) is 7.52. The molecule has 0 N–H and O–H groups in total. The second kappa shape index (κ2) is 8.10. The van der Waals surface area contributed by atoms with E-state index in [9.17, 15) is 9.59 Å². The van der Waals surface area contributed by atoms with Gasteiger partial charge in [0.25, 0.3) is 0 Å². The Balaban J connectivity index is 1.28. The molecule has 1 atom stereocenters. The summed E-state index contributed by atoms with van der Waals surface area (Å²) in [5.41, 5.74) is 1.04. The van der Waals surface area contributed by atoms with Gasteiger partial charge < -0.3 is 14.4 Å². The maximum atomic E-state index is 12.9. The average molecular weight is 382 g/mol. The zero-order valence-electron chi connectivity index (χ0n) is 16.2. The van der Waals surface area contributed by atoms with E-state index in [0.29, 0.717) is 32.6 Å². The van der Waals surface area contributed by atoms with E-state index in [1.165, 1.54) is 0 Å². The number of carbonyl (C=O) groups is 2. The summed E-state index contributed by atoms with van der Waals surface area (Å²) in [4.78, 5) is 39.7. The molecule has 28 heavy (non-hydrogen) atoms. The van der Waals surface area contributed by atoms with Gasteiger partial charge in [0.15, 0.2) is 0 Å². The molecule has 8 nitrogen and oxygen atoms in total. The Bertz CT molecular complexity index is 828. The zero-order valence-corrected chi connectivity index (χ0v) is 16.2. The molecule has 2 amide bonds. The van der Waals surface area contributed by atoms with Crippen LogP contribution in [0, 0.1) is 5.92 Å². The molecular weight excluding hydrogens is 356 g/mol. The van der Waals surface area contributed by atoms with Gasteiger partial charge in [-0.05, 0) is 17.7 Å². The van der Waals surface area contributed by atoms with Crippen LogP contribution in [0.5, 0.6) is 0 Å². The van der Waals surface area contributed by atoms with Crippen molar-refractivity contribution in [2.75, 3.05) is 32.7 Å². The highest BCUT2D eigenvalue weighted by Gasteiger charge is 2.37. The van der Waals surface area contributed by atoms with Gasteiger partial charge in [-0.1, -0.05) is 0 Å². The average Bonchev–Trinajstić information content (AvgIpc) is 3.28. The van der Waals surface area contributed by atoms with Crippen LogP contribution in [-0.2, 0) is 29.7 Å². The molecule has 0 saturated carbocycles. The second-order valence-electron chi connectivity index (χ2n) is 7.59. The quantitative estimate of drug-likeness (QED) is 0.753. The molecule has 2 saturated heterocycles. The van der Waals surface area contributed by atoms with E-state index in [-0.39, 0.29) is 17.7 Å². The van der Waals surface area contributed by atoms with Crippen molar-refractivity contribution in [1.82, 2.24) is 29.2 Å². The Morgan fingerprint density at radius 2 is 1.86 bits per heavy atom. The van der Waals surface area contributed by atoms with E-state index in [0.717, 1.165) is 31.0 Å². The predicted octanol–water partition coefficient (Wildman–Crippen LogP) is 0.508. The van der Waals surface area contributed by atoms with E-state index in [1.54, 1.807) is 17.3 Å². The zero-order chi connectivity index (χ0) is 19.5. The largest absolute Gasteiger partial charge is 0.340 e. The Morgan fingerprint density at radius 3 is 2.54 bits per heavy atom. The fourth-order valence-electron chi connectivity index (χ4n) is 3.93. The lowest BCUT2D eigenvalue weighted by molar-refractivity contribution is -0.137. The third kappa shape index (κ3) is 4.06. The van der Waals surface area contributed by atoms with Gasteiger partial charge in [-0.3, -0.25) is 19.5 Å². The van der Waals surface area contributed by atoms with Crippen molar-refractivity contribution in [2.24, 2.45) is 13.0 Å². The van der Waals surface area contributed by atoms with E-state index in [2.05, 4.69) is 14.9 Å². The first kappa shape index (κ1) is 18.6. The molecule has 0 aromatic carbocycles. The molecule has 2 aliphatic heterocycles. The second-order valence-corrected chi connectivity index (χ2v) is 7.59. The number of carbonyl (C=O) groups excluding carboxylic acids is 2. The third-order valence-electron chi connectivity index (χ3n) is 5.66. The minimum Gasteiger partial charge on any atom is -0.340 e. The Kier molecular flexibility index (Phi) is 5.38. The van der Waals surface area contributed by atoms with Crippen molar-refractivity contribution < 1.29 is 9.59 Å². The fourth-order valence-corrected chi connectivity index (χ4v) is 3.93. The standard InChI is InChI=1S/C20H26N6O2/c1-23-7-6-22-18(23)15-24-8-10-25(11-9-24)20(28)17-12-19(27)26(14-17)13-16-2-4-21-5-3-16/h2-7,17H,8-15H2,1H3/t17-/m1/s1. The summed E-state index contributed by atoms with van der Waals surface area (Å²) in [6.45, 7) is 4.93. The number of piperazine rings is 1. The molecule has 0 unspecified atom stereocenters. The lowest BCUT2D eigenvalue weighted by Crippen LogP contribution is -2.50. The van der Waals surface area contributed by atoms with Crippen molar-refractivity contribution in [3.8, 4) is 0 Å². The summed E-state index contributed by atoms with van der Waals surface area (Å²) in [5, 5.41) is 0. The smallest absolute Gasteiger partial charge is 0.228 e. The van der Waals surface area contributed by atoms with Gasteiger partial charge in [-0.2, -0.15) is 0 Å². The molecule has 8 heteroatoms. The van der Waals surface area contributed by atoms with Crippen molar-refractivity contribution in [3.63, 3.8) is 0 Å². The van der Waals surface area contributed by atoms with Crippen LogP contribution in [0.25, 0.3) is 0 Å². The van der Waals surface area contributed by atoms with Gasteiger partial charge in [0.05, 0.1) is 12.5 Å². The van der Waals surface area contributed by atoms with Crippen LogP contribution < -0.4 is 0 Å². The first-order valence-electron chi connectivity index (χ1n) is 9.74. The van der Waals surface area contributed by atoms with Crippen molar-refractivity contribution >= 4 is 11.8 Å². The van der Waals surface area contributed by atoms with E-state index >= 15 is 0 Å². The Labute approximate surface area is 164 Å². The van der Waals surface area contributed by atoms with Crippen LogP contribution in [-0.4, -0.2) is 73.8 Å². The number of hydrogen-bond donors (Lipinski definition) is 0. The Hall–Kier alpha value is -2.74. The van der Waals surface area contributed by atoms with Gasteiger partial charge in [0, 0.05) is 77.5 Å². The monoisotopic (exact) mass is 382 g/mol. The van der Waals surface area contributed by atoms with Gasteiger partial charge in [-0.15, -0.1) is 0 Å². The minimum atomic E-state index is -0.226. The molecule has 4 rings (SSSR count). The number of imidazole rings is 1. The number of hydrogen-bond acceptors (Lipinski definition) is 5. The summed E-state index contributed by atoms with van der Waals surface area (Å²) < 4.78 is 2.03. The first-order chi connectivity index (χ1) is 13.6. The summed E-state index contributed by atoms with van der Waals surface area (Å²) in [7, 11) is 2.00. The van der Waals surface area contributed by atoms with Crippen LogP contribution in [0.15, 0.2) is 36.9 Å². The molecule has 0 aliphatic carbocycles. The molecule has 148 valence electrons. The molecule has 0 bridgehead atoms. The molecular formula is C20H26N6O2. The summed E-state index contributed by atoms with van der Waals surface area (Å²) in [5.74, 6) is 0.981. The van der Waals surface area contributed by atoms with Gasteiger partial charge in [0.1, 0.15) is 5.82 Å². The van der Waals surface area contributed by atoms with Crippen LogP contribution in [0.3, 0.4) is 0 Å². The van der Waals surface area contributed by atoms with Crippen LogP contribution >= 0.6 is 0 Å². The van der Waals surface area contributed by atoms with Crippen molar-refractivity contribution in [3.05, 3.63) is 48.3 Å². The van der Waals surface area contributed by atoms with E-state index in [4.69, 9.17) is 0 Å². The maximum Gasteiger partial charge on any atom is 0.228 e. The third-order valence-corrected chi connectivity index (χ3v) is 5.66. The van der Waals surface area contributed by atoms with Crippen LogP contribution in [0.2, 0.25) is 0 Å². The minimum absolute atomic E-state index is 0.0589. The molecule has 2 aromatic heterocycles. The van der Waals surface area contributed by atoms with Gasteiger partial charge >= 0.3 is 0 Å². The van der Waals surface area contributed by atoms with Crippen LogP contribution in [0.1, 0.15) is 17.8 Å². The number of pyridine rings is 1. The normalized spacial score (nSPS) is 20.8. The summed E-state index contributed by atoms with van der Waals surface area (Å²) in [6, 6.07) is 3.81. The first-order valence-corrected chi connectivity index (χ1v) is 9.74. The van der Waals surface area contributed by atoms with Gasteiger partial charge in [0.2, 0.25) is 11.8 Å². The SMILES string of the molecule is Cn1ccnc1CN1CCN(C(=O)[C@@H]2CC(=O)N(Cc3ccncc3)C2)CC1. The molecule has 2 aliphatic rings. The Morgan fingerprint density at radius 1 is 1.11 bits per heavy atom. The molecule has 0 spiro atoms. The fraction of sp³-hybridized carbons (Fsp3) is 0.500. The van der Waals surface area contributed by atoms with E-state index < -0.39 is 0 Å². The highest BCUT2D eigenvalue weighted by Crippen LogP contribution is 2.23. The van der Waals surface area contributed by atoms with Gasteiger partial charge in [-0.25, -0.2) is 4.98 Å². The number of nitrogens with zero attached hydrogens (tertiary/aromatic N) is 6. The summed E-state index contributed by atoms with van der Waals surface area (Å²) >= 11 is 0. The highest BCUT2D eigenvalue weighted by molar-refractivity contribution is 5.89. The molecule has 2 aromatic rings. The number of aromatic nitrogens is 3. The number of aryl methyl sites for hydroxylation is 1. The number of likely N-dealkylation sites (tertiary alicyclic amines) is 1. The topological polar surface area (TPSA) is 74.6 Å². The number of rotatable bonds is 5. The van der Waals surface area contributed by atoms with Crippen molar-refractivity contribution in [1.29, 1.82) is 0 Å². The molecule has 4 heterocycles. The highest BCUT2D eigenvalue weighted by atomic mass is 16.2. The lowest BCUT2D eigenvalue weighted by Gasteiger charge is -2.35. The lowest BCUT2D eigenvalue weighted by atomic mass is 10.1. The number of amides is 2. The molecule has 0 radical (unpaired) electrons.